The molecule has 0 aromatic heterocycles. The second-order valence-electron chi connectivity index (χ2n) is 4.09. The van der Waals surface area contributed by atoms with Crippen LogP contribution in [-0.4, -0.2) is 55.1 Å². The number of benzene rings is 1. The largest absolute Gasteiger partial charge is 0.395 e. The van der Waals surface area contributed by atoms with Gasteiger partial charge in [-0.3, -0.25) is 4.90 Å². The molecule has 1 aromatic carbocycles. The van der Waals surface area contributed by atoms with E-state index in [1.165, 1.54) is 12.1 Å². The quantitative estimate of drug-likeness (QED) is 0.723. The van der Waals surface area contributed by atoms with Gasteiger partial charge in [0, 0.05) is 26.7 Å². The Labute approximate surface area is 107 Å². The summed E-state index contributed by atoms with van der Waals surface area (Å²) >= 11 is 0. The fraction of sp³-hybridized carbons (Fsp3) is 0.538. The van der Waals surface area contributed by atoms with Gasteiger partial charge in [-0.25, -0.2) is 4.39 Å². The average molecular weight is 257 g/mol. The van der Waals surface area contributed by atoms with E-state index in [2.05, 4.69) is 0 Å². The van der Waals surface area contributed by atoms with Crippen LogP contribution in [0.1, 0.15) is 11.7 Å². The van der Waals surface area contributed by atoms with Crippen LogP contribution in [0.4, 0.5) is 4.39 Å². The normalized spacial score (nSPS) is 12.9. The maximum atomic E-state index is 13.0. The molecule has 18 heavy (non-hydrogen) atoms. The molecule has 0 heterocycles. The topological polar surface area (TPSA) is 52.9 Å². The number of ether oxygens (including phenoxy) is 1. The molecule has 0 bridgehead atoms. The molecular formula is C13H20FNO3. The first-order chi connectivity index (χ1) is 8.67. The summed E-state index contributed by atoms with van der Waals surface area (Å²) in [6.45, 7) is 1.95. The van der Waals surface area contributed by atoms with E-state index in [-0.39, 0.29) is 12.4 Å². The van der Waals surface area contributed by atoms with Gasteiger partial charge in [-0.15, -0.1) is 0 Å². The molecule has 5 heteroatoms. The summed E-state index contributed by atoms with van der Waals surface area (Å²) < 4.78 is 18.0. The van der Waals surface area contributed by atoms with E-state index in [4.69, 9.17) is 9.84 Å². The molecule has 0 aliphatic heterocycles. The Bertz CT molecular complexity index is 349. The molecule has 102 valence electrons. The van der Waals surface area contributed by atoms with E-state index in [0.717, 1.165) is 0 Å². The van der Waals surface area contributed by atoms with Crippen LogP contribution in [0.25, 0.3) is 0 Å². The molecule has 0 aliphatic rings. The molecule has 0 spiro atoms. The fourth-order valence-corrected chi connectivity index (χ4v) is 1.72. The molecule has 1 atom stereocenters. The molecule has 0 fully saturated rings. The Hall–Kier alpha value is -1.01. The van der Waals surface area contributed by atoms with E-state index in [9.17, 15) is 9.50 Å². The van der Waals surface area contributed by atoms with Gasteiger partial charge in [-0.1, -0.05) is 12.1 Å². The maximum absolute atomic E-state index is 13.0. The van der Waals surface area contributed by atoms with Crippen molar-refractivity contribution in [3.8, 4) is 0 Å². The van der Waals surface area contributed by atoms with Crippen molar-refractivity contribution in [1.82, 2.24) is 4.90 Å². The molecular weight excluding hydrogens is 237 g/mol. The van der Waals surface area contributed by atoms with E-state index in [1.807, 2.05) is 4.90 Å². The minimum atomic E-state index is -0.774. The summed E-state index contributed by atoms with van der Waals surface area (Å²) in [6.07, 6.45) is -0.774. The van der Waals surface area contributed by atoms with Crippen LogP contribution >= 0.6 is 0 Å². The fourth-order valence-electron chi connectivity index (χ4n) is 1.72. The molecule has 0 saturated heterocycles. The summed E-state index contributed by atoms with van der Waals surface area (Å²) in [7, 11) is 1.60. The molecule has 1 rings (SSSR count). The highest BCUT2D eigenvalue weighted by Gasteiger charge is 2.13. The lowest BCUT2D eigenvalue weighted by Gasteiger charge is -2.24. The third-order valence-electron chi connectivity index (χ3n) is 2.69. The van der Waals surface area contributed by atoms with E-state index < -0.39 is 6.10 Å². The van der Waals surface area contributed by atoms with Gasteiger partial charge in [0.2, 0.25) is 0 Å². The van der Waals surface area contributed by atoms with E-state index >= 15 is 0 Å². The second kappa shape index (κ2) is 8.16. The smallest absolute Gasteiger partial charge is 0.123 e. The third kappa shape index (κ3) is 5.10. The maximum Gasteiger partial charge on any atom is 0.123 e. The number of hydrogen-bond acceptors (Lipinski definition) is 4. The Morgan fingerprint density at radius 1 is 1.39 bits per heavy atom. The van der Waals surface area contributed by atoms with Crippen LogP contribution < -0.4 is 0 Å². The minimum absolute atomic E-state index is 0.0135. The number of aliphatic hydroxyl groups excluding tert-OH is 2. The van der Waals surface area contributed by atoms with Crippen molar-refractivity contribution in [3.63, 3.8) is 0 Å². The minimum Gasteiger partial charge on any atom is -0.395 e. The monoisotopic (exact) mass is 257 g/mol. The van der Waals surface area contributed by atoms with Crippen LogP contribution in [0.5, 0.6) is 0 Å². The summed E-state index contributed by atoms with van der Waals surface area (Å²) in [4.78, 5) is 1.87. The Kier molecular flexibility index (Phi) is 6.82. The van der Waals surface area contributed by atoms with Gasteiger partial charge < -0.3 is 14.9 Å². The summed E-state index contributed by atoms with van der Waals surface area (Å²) in [6, 6.07) is 5.91. The molecule has 4 nitrogen and oxygen atoms in total. The van der Waals surface area contributed by atoms with Gasteiger partial charge in [0.05, 0.1) is 19.3 Å². The number of rotatable bonds is 8. The first kappa shape index (κ1) is 15.0. The second-order valence-corrected chi connectivity index (χ2v) is 4.09. The highest BCUT2D eigenvalue weighted by atomic mass is 19.1. The Morgan fingerprint density at radius 3 is 2.78 bits per heavy atom. The number of nitrogens with zero attached hydrogens (tertiary/aromatic N) is 1. The van der Waals surface area contributed by atoms with Crippen molar-refractivity contribution >= 4 is 0 Å². The highest BCUT2D eigenvalue weighted by Crippen LogP contribution is 2.15. The lowest BCUT2D eigenvalue weighted by atomic mass is 10.1. The van der Waals surface area contributed by atoms with Crippen molar-refractivity contribution in [2.75, 3.05) is 40.0 Å². The molecule has 0 amide bonds. The lowest BCUT2D eigenvalue weighted by Crippen LogP contribution is -2.34. The SMILES string of the molecule is COCCN(CCO)CC(O)c1cccc(F)c1. The standard InChI is InChI=1S/C13H20FNO3/c1-18-8-6-15(5-7-16)10-13(17)11-3-2-4-12(14)9-11/h2-4,9,13,16-17H,5-8,10H2,1H3. The first-order valence-electron chi connectivity index (χ1n) is 5.93. The van der Waals surface area contributed by atoms with Crippen LogP contribution in [0.3, 0.4) is 0 Å². The van der Waals surface area contributed by atoms with Gasteiger partial charge in [0.25, 0.3) is 0 Å². The molecule has 0 radical (unpaired) electrons. The van der Waals surface area contributed by atoms with Gasteiger partial charge in [-0.2, -0.15) is 0 Å². The molecule has 1 aromatic rings. The molecule has 0 aliphatic carbocycles. The third-order valence-corrected chi connectivity index (χ3v) is 2.69. The van der Waals surface area contributed by atoms with E-state index in [1.54, 1.807) is 19.2 Å². The van der Waals surface area contributed by atoms with Gasteiger partial charge in [0.15, 0.2) is 0 Å². The van der Waals surface area contributed by atoms with Crippen LogP contribution in [0.2, 0.25) is 0 Å². The van der Waals surface area contributed by atoms with Crippen molar-refractivity contribution < 1.29 is 19.3 Å². The van der Waals surface area contributed by atoms with Crippen LogP contribution in [-0.2, 0) is 4.74 Å². The number of aliphatic hydroxyl groups is 2. The Morgan fingerprint density at radius 2 is 2.17 bits per heavy atom. The number of methoxy groups -OCH3 is 1. The van der Waals surface area contributed by atoms with Gasteiger partial charge in [-0.05, 0) is 17.7 Å². The first-order valence-corrected chi connectivity index (χ1v) is 5.93. The average Bonchev–Trinajstić information content (AvgIpc) is 2.36. The van der Waals surface area contributed by atoms with E-state index in [0.29, 0.717) is 31.8 Å². The number of hydrogen-bond donors (Lipinski definition) is 2. The highest BCUT2D eigenvalue weighted by molar-refractivity contribution is 5.18. The molecule has 0 saturated carbocycles. The summed E-state index contributed by atoms with van der Waals surface area (Å²) in [5, 5.41) is 19.0. The molecule has 2 N–H and O–H groups in total. The lowest BCUT2D eigenvalue weighted by molar-refractivity contribution is 0.0777. The predicted octanol–water partition coefficient (Wildman–Crippen LogP) is 0.800. The Balaban J connectivity index is 2.56. The van der Waals surface area contributed by atoms with Gasteiger partial charge >= 0.3 is 0 Å². The predicted molar refractivity (Wildman–Crippen MR) is 66.8 cm³/mol. The van der Waals surface area contributed by atoms with Crippen LogP contribution in [0, 0.1) is 5.82 Å². The zero-order chi connectivity index (χ0) is 13.4. The summed E-state index contributed by atoms with van der Waals surface area (Å²) in [5.74, 6) is -0.364. The zero-order valence-corrected chi connectivity index (χ0v) is 10.6. The van der Waals surface area contributed by atoms with Gasteiger partial charge in [0.1, 0.15) is 5.82 Å². The van der Waals surface area contributed by atoms with Crippen molar-refractivity contribution in [3.05, 3.63) is 35.6 Å². The summed E-state index contributed by atoms with van der Waals surface area (Å²) in [5.41, 5.74) is 0.537. The van der Waals surface area contributed by atoms with Crippen molar-refractivity contribution in [2.24, 2.45) is 0 Å². The van der Waals surface area contributed by atoms with Crippen molar-refractivity contribution in [1.29, 1.82) is 0 Å². The zero-order valence-electron chi connectivity index (χ0n) is 10.6. The van der Waals surface area contributed by atoms with Crippen LogP contribution in [0.15, 0.2) is 24.3 Å². The molecule has 1 unspecified atom stereocenters. The van der Waals surface area contributed by atoms with Crippen molar-refractivity contribution in [2.45, 2.75) is 6.10 Å². The number of halogens is 1.